The second kappa shape index (κ2) is 13.6. The molecule has 8 heteroatoms. The fourth-order valence-electron chi connectivity index (χ4n) is 4.36. The number of hydrogen-bond acceptors (Lipinski definition) is 6. The van der Waals surface area contributed by atoms with E-state index in [1.165, 1.54) is 11.8 Å². The Kier molecular flexibility index (Phi) is 10.6. The minimum atomic E-state index is -0.312. The Balaban J connectivity index is 1.59. The quantitative estimate of drug-likeness (QED) is 0.314. The van der Waals surface area contributed by atoms with E-state index >= 15 is 0 Å². The number of thioether (sulfide) groups is 1. The third-order valence-corrected chi connectivity index (χ3v) is 7.09. The Morgan fingerprint density at radius 3 is 2.49 bits per heavy atom. The molecule has 0 saturated heterocycles. The lowest BCUT2D eigenvalue weighted by molar-refractivity contribution is -0.117. The SMILES string of the molecule is COc1ccc(/C=C2/SC3C=CC(C(=O)NCCCN(CC(C)C)CC(C)C)=CC3=NC2=O)cc1OC. The minimum Gasteiger partial charge on any atom is -0.493 e. The second-order valence-electron chi connectivity index (χ2n) is 10.1. The number of carbonyl (C=O) groups is 2. The highest BCUT2D eigenvalue weighted by molar-refractivity contribution is 8.05. The first-order valence-corrected chi connectivity index (χ1v) is 13.7. The Hall–Kier alpha value is -2.84. The van der Waals surface area contributed by atoms with Crippen LogP contribution in [0.3, 0.4) is 0 Å². The van der Waals surface area contributed by atoms with E-state index in [4.69, 9.17) is 9.47 Å². The molecule has 0 radical (unpaired) electrons. The molecular weight excluding hydrogens is 486 g/mol. The molecule has 1 heterocycles. The van der Waals surface area contributed by atoms with E-state index < -0.39 is 0 Å². The lowest BCUT2D eigenvalue weighted by atomic mass is 10.0. The van der Waals surface area contributed by atoms with Gasteiger partial charge in [-0.15, -0.1) is 11.8 Å². The first-order chi connectivity index (χ1) is 17.7. The number of hydrogen-bond donors (Lipinski definition) is 1. The smallest absolute Gasteiger partial charge is 0.283 e. The number of fused-ring (bicyclic) bond motifs is 1. The standard InChI is InChI=1S/C29H39N3O4S/c1-19(2)17-32(18-20(3)4)13-7-12-30-28(33)22-9-11-26-23(16-22)31-29(34)27(37-26)15-21-8-10-24(35-5)25(14-21)36-6/h8-11,14-16,19-20,26H,7,12-13,17-18H2,1-6H3,(H,30,33)/b27-15+. The summed E-state index contributed by atoms with van der Waals surface area (Å²) in [6, 6.07) is 5.49. The highest BCUT2D eigenvalue weighted by Crippen LogP contribution is 2.35. The molecule has 1 aliphatic carbocycles. The molecule has 1 unspecified atom stereocenters. The molecule has 0 bridgehead atoms. The van der Waals surface area contributed by atoms with Crippen LogP contribution in [0.5, 0.6) is 11.5 Å². The maximum absolute atomic E-state index is 12.7. The molecule has 1 N–H and O–H groups in total. The highest BCUT2D eigenvalue weighted by Gasteiger charge is 2.28. The van der Waals surface area contributed by atoms with Crippen LogP contribution in [-0.2, 0) is 9.59 Å². The third-order valence-electron chi connectivity index (χ3n) is 5.89. The number of nitrogens with zero attached hydrogens (tertiary/aromatic N) is 2. The molecule has 1 aliphatic heterocycles. The summed E-state index contributed by atoms with van der Waals surface area (Å²) in [5.74, 6) is 2.00. The van der Waals surface area contributed by atoms with Gasteiger partial charge in [-0.2, -0.15) is 0 Å². The minimum absolute atomic E-state index is 0.110. The predicted molar refractivity (Wildman–Crippen MR) is 152 cm³/mol. The van der Waals surface area contributed by atoms with Gasteiger partial charge in [0, 0.05) is 25.2 Å². The largest absolute Gasteiger partial charge is 0.493 e. The fourth-order valence-corrected chi connectivity index (χ4v) is 5.38. The number of methoxy groups -OCH3 is 2. The van der Waals surface area contributed by atoms with Crippen LogP contribution in [0.25, 0.3) is 6.08 Å². The van der Waals surface area contributed by atoms with Crippen molar-refractivity contribution in [2.45, 2.75) is 39.4 Å². The van der Waals surface area contributed by atoms with Gasteiger partial charge < -0.3 is 19.7 Å². The highest BCUT2D eigenvalue weighted by atomic mass is 32.2. The maximum Gasteiger partial charge on any atom is 0.283 e. The van der Waals surface area contributed by atoms with E-state index in [1.807, 2.05) is 24.3 Å². The summed E-state index contributed by atoms with van der Waals surface area (Å²) in [6.45, 7) is 12.6. The number of amides is 2. The monoisotopic (exact) mass is 525 g/mol. The van der Waals surface area contributed by atoms with E-state index in [9.17, 15) is 9.59 Å². The molecule has 1 aromatic carbocycles. The number of benzene rings is 1. The van der Waals surface area contributed by atoms with Crippen molar-refractivity contribution in [2.24, 2.45) is 16.8 Å². The summed E-state index contributed by atoms with van der Waals surface area (Å²) < 4.78 is 10.6. The molecular formula is C29H39N3O4S. The van der Waals surface area contributed by atoms with Crippen molar-refractivity contribution in [3.63, 3.8) is 0 Å². The van der Waals surface area contributed by atoms with Gasteiger partial charge >= 0.3 is 0 Å². The molecule has 7 nitrogen and oxygen atoms in total. The van der Waals surface area contributed by atoms with Crippen LogP contribution < -0.4 is 14.8 Å². The Bertz CT molecular complexity index is 1090. The summed E-state index contributed by atoms with van der Waals surface area (Å²) in [7, 11) is 3.16. The summed E-state index contributed by atoms with van der Waals surface area (Å²) in [6.07, 6.45) is 8.17. The number of aliphatic imine (C=N–C) groups is 1. The van der Waals surface area contributed by atoms with Gasteiger partial charge in [0.15, 0.2) is 11.5 Å². The van der Waals surface area contributed by atoms with Gasteiger partial charge in [-0.05, 0) is 54.6 Å². The van der Waals surface area contributed by atoms with Gasteiger partial charge in [0.1, 0.15) is 0 Å². The lowest BCUT2D eigenvalue weighted by Crippen LogP contribution is -2.35. The van der Waals surface area contributed by atoms with Gasteiger partial charge in [0.05, 0.1) is 30.1 Å². The average Bonchev–Trinajstić information content (AvgIpc) is 2.85. The molecule has 0 aromatic heterocycles. The van der Waals surface area contributed by atoms with Crippen molar-refractivity contribution in [3.8, 4) is 11.5 Å². The van der Waals surface area contributed by atoms with Crippen molar-refractivity contribution >= 4 is 35.4 Å². The average molecular weight is 526 g/mol. The first kappa shape index (κ1) is 28.7. The van der Waals surface area contributed by atoms with E-state index in [0.29, 0.717) is 46.1 Å². The Morgan fingerprint density at radius 1 is 1.14 bits per heavy atom. The summed E-state index contributed by atoms with van der Waals surface area (Å²) >= 11 is 1.43. The van der Waals surface area contributed by atoms with Crippen LogP contribution in [0.4, 0.5) is 0 Å². The van der Waals surface area contributed by atoms with Crippen LogP contribution in [-0.4, -0.2) is 68.1 Å². The fraction of sp³-hybridized carbons (Fsp3) is 0.483. The van der Waals surface area contributed by atoms with E-state index in [0.717, 1.165) is 31.6 Å². The van der Waals surface area contributed by atoms with Gasteiger partial charge in [-0.1, -0.05) is 45.9 Å². The molecule has 0 fully saturated rings. The zero-order valence-corrected chi connectivity index (χ0v) is 23.6. The summed E-state index contributed by atoms with van der Waals surface area (Å²) in [5, 5.41) is 2.91. The summed E-state index contributed by atoms with van der Waals surface area (Å²) in [5.41, 5.74) is 1.95. The number of nitrogens with one attached hydrogen (secondary N) is 1. The zero-order valence-electron chi connectivity index (χ0n) is 22.7. The predicted octanol–water partition coefficient (Wildman–Crippen LogP) is 4.74. The molecule has 1 atom stereocenters. The van der Waals surface area contributed by atoms with E-state index in [2.05, 4.69) is 42.9 Å². The van der Waals surface area contributed by atoms with Crippen LogP contribution in [0.15, 0.2) is 51.9 Å². The third kappa shape index (κ3) is 8.33. The molecule has 3 rings (SSSR count). The maximum atomic E-state index is 12.7. The van der Waals surface area contributed by atoms with Crippen molar-refractivity contribution in [1.29, 1.82) is 0 Å². The lowest BCUT2D eigenvalue weighted by Gasteiger charge is -2.26. The van der Waals surface area contributed by atoms with Crippen molar-refractivity contribution in [2.75, 3.05) is 40.4 Å². The van der Waals surface area contributed by atoms with Crippen molar-refractivity contribution in [3.05, 3.63) is 52.5 Å². The summed E-state index contributed by atoms with van der Waals surface area (Å²) in [4.78, 5) is 32.8. The molecule has 2 amide bonds. The number of rotatable bonds is 12. The number of allylic oxidation sites excluding steroid dienone is 1. The first-order valence-electron chi connectivity index (χ1n) is 12.8. The van der Waals surface area contributed by atoms with Crippen LogP contribution in [0.2, 0.25) is 0 Å². The Morgan fingerprint density at radius 2 is 1.84 bits per heavy atom. The van der Waals surface area contributed by atoms with Crippen LogP contribution >= 0.6 is 11.8 Å². The van der Waals surface area contributed by atoms with Gasteiger partial charge in [0.25, 0.3) is 11.8 Å². The van der Waals surface area contributed by atoms with Crippen molar-refractivity contribution < 1.29 is 19.1 Å². The molecule has 200 valence electrons. The Labute approximate surface area is 225 Å². The van der Waals surface area contributed by atoms with E-state index in [-0.39, 0.29) is 17.1 Å². The normalized spacial score (nSPS) is 18.2. The molecule has 37 heavy (non-hydrogen) atoms. The molecule has 0 spiro atoms. The van der Waals surface area contributed by atoms with Crippen molar-refractivity contribution in [1.82, 2.24) is 10.2 Å². The zero-order chi connectivity index (χ0) is 26.9. The number of ether oxygens (including phenoxy) is 2. The molecule has 0 saturated carbocycles. The molecule has 1 aromatic rings. The number of carbonyl (C=O) groups excluding carboxylic acids is 2. The van der Waals surface area contributed by atoms with Gasteiger partial charge in [0.2, 0.25) is 0 Å². The topological polar surface area (TPSA) is 80.2 Å². The van der Waals surface area contributed by atoms with Gasteiger partial charge in [-0.25, -0.2) is 4.99 Å². The van der Waals surface area contributed by atoms with Crippen LogP contribution in [0.1, 0.15) is 39.7 Å². The van der Waals surface area contributed by atoms with E-state index in [1.54, 1.807) is 32.4 Å². The van der Waals surface area contributed by atoms with Crippen LogP contribution in [0, 0.1) is 11.8 Å². The second-order valence-corrected chi connectivity index (χ2v) is 11.3. The molecule has 2 aliphatic rings. The van der Waals surface area contributed by atoms with Gasteiger partial charge in [-0.3, -0.25) is 9.59 Å².